The summed E-state index contributed by atoms with van der Waals surface area (Å²) < 4.78 is 10.4. The highest BCUT2D eigenvalue weighted by molar-refractivity contribution is 6.51. The maximum Gasteiger partial charge on any atom is 0.309 e. The van der Waals surface area contributed by atoms with Gasteiger partial charge in [0.25, 0.3) is 11.7 Å². The molecule has 1 saturated heterocycles. The highest BCUT2D eigenvalue weighted by atomic mass is 16.5. The third-order valence-electron chi connectivity index (χ3n) is 6.57. The number of hydrogen-bond donors (Lipinski definition) is 2. The fraction of sp³-hybridized carbons (Fsp3) is 0.258. The van der Waals surface area contributed by atoms with Gasteiger partial charge in [0.2, 0.25) is 0 Å². The number of hydrogen-bond acceptors (Lipinski definition) is 7. The highest BCUT2D eigenvalue weighted by Crippen LogP contribution is 2.43. The van der Waals surface area contributed by atoms with Gasteiger partial charge in [0.05, 0.1) is 31.8 Å². The number of unbranched alkanes of at least 4 members (excludes halogenated alkanes) is 2. The van der Waals surface area contributed by atoms with Gasteiger partial charge in [0.1, 0.15) is 17.3 Å². The molecule has 3 aromatic carbocycles. The predicted octanol–water partition coefficient (Wildman–Crippen LogP) is 5.30. The van der Waals surface area contributed by atoms with Crippen LogP contribution in [0.5, 0.6) is 11.5 Å². The van der Waals surface area contributed by atoms with Gasteiger partial charge in [-0.05, 0) is 66.1 Å². The minimum Gasteiger partial charge on any atom is -0.508 e. The van der Waals surface area contributed by atoms with Crippen molar-refractivity contribution in [3.8, 4) is 11.5 Å². The molecule has 1 fully saturated rings. The van der Waals surface area contributed by atoms with E-state index in [1.165, 1.54) is 24.1 Å². The van der Waals surface area contributed by atoms with Crippen LogP contribution in [0.2, 0.25) is 0 Å². The van der Waals surface area contributed by atoms with Gasteiger partial charge < -0.3 is 19.7 Å². The van der Waals surface area contributed by atoms with Crippen LogP contribution in [0.3, 0.4) is 0 Å². The first kappa shape index (κ1) is 27.4. The molecule has 2 N–H and O–H groups in total. The molecule has 1 unspecified atom stereocenters. The summed E-state index contributed by atoms with van der Waals surface area (Å²) in [5.74, 6) is -1.80. The molecular weight excluding hydrogens is 498 g/mol. The number of anilines is 1. The van der Waals surface area contributed by atoms with Crippen molar-refractivity contribution in [2.75, 3.05) is 18.6 Å². The van der Waals surface area contributed by atoms with Crippen molar-refractivity contribution in [2.24, 2.45) is 0 Å². The Labute approximate surface area is 227 Å². The Bertz CT molecular complexity index is 1380. The smallest absolute Gasteiger partial charge is 0.309 e. The average Bonchev–Trinajstić information content (AvgIpc) is 3.21. The van der Waals surface area contributed by atoms with Gasteiger partial charge >= 0.3 is 5.97 Å². The van der Waals surface area contributed by atoms with E-state index in [0.29, 0.717) is 34.7 Å². The number of phenols is 1. The van der Waals surface area contributed by atoms with Crippen LogP contribution in [0.25, 0.3) is 5.76 Å². The van der Waals surface area contributed by atoms with E-state index in [2.05, 4.69) is 6.92 Å². The van der Waals surface area contributed by atoms with Crippen LogP contribution in [-0.4, -0.2) is 41.6 Å². The van der Waals surface area contributed by atoms with Crippen molar-refractivity contribution in [3.05, 3.63) is 95.1 Å². The highest BCUT2D eigenvalue weighted by Gasteiger charge is 2.47. The number of esters is 1. The summed E-state index contributed by atoms with van der Waals surface area (Å²) >= 11 is 0. The molecule has 1 atom stereocenters. The summed E-state index contributed by atoms with van der Waals surface area (Å²) in [6.45, 7) is 2.70. The minimum absolute atomic E-state index is 0.0453. The van der Waals surface area contributed by atoms with E-state index < -0.39 is 23.7 Å². The number of amides is 1. The van der Waals surface area contributed by atoms with Crippen molar-refractivity contribution < 1.29 is 34.1 Å². The number of carbonyl (C=O) groups is 3. The number of aliphatic hydroxyl groups excluding tert-OH is 1. The zero-order valence-electron chi connectivity index (χ0n) is 21.9. The van der Waals surface area contributed by atoms with Crippen LogP contribution in [0.1, 0.15) is 48.9 Å². The maximum absolute atomic E-state index is 13.3. The Morgan fingerprint density at radius 1 is 0.974 bits per heavy atom. The summed E-state index contributed by atoms with van der Waals surface area (Å²) in [6, 6.07) is 18.5. The molecule has 39 heavy (non-hydrogen) atoms. The molecule has 0 radical (unpaired) electrons. The quantitative estimate of drug-likeness (QED) is 0.120. The van der Waals surface area contributed by atoms with Crippen LogP contribution in [0.15, 0.2) is 78.4 Å². The third kappa shape index (κ3) is 6.12. The number of rotatable bonds is 10. The largest absolute Gasteiger partial charge is 0.508 e. The zero-order chi connectivity index (χ0) is 27.9. The van der Waals surface area contributed by atoms with E-state index in [1.807, 2.05) is 0 Å². The number of phenolic OH excluding ortho intramolecular Hbond substituents is 1. The van der Waals surface area contributed by atoms with Gasteiger partial charge in [-0.1, -0.05) is 44.0 Å². The summed E-state index contributed by atoms with van der Waals surface area (Å²) in [4.78, 5) is 39.6. The van der Waals surface area contributed by atoms with Gasteiger partial charge in [-0.15, -0.1) is 0 Å². The van der Waals surface area contributed by atoms with Crippen molar-refractivity contribution in [1.82, 2.24) is 0 Å². The Hall–Kier alpha value is -4.59. The molecule has 1 aliphatic heterocycles. The molecule has 0 aromatic heterocycles. The monoisotopic (exact) mass is 529 g/mol. The van der Waals surface area contributed by atoms with Crippen LogP contribution < -0.4 is 9.64 Å². The number of ketones is 1. The number of aliphatic hydroxyl groups is 1. The number of ether oxygens (including phenoxy) is 2. The molecule has 202 valence electrons. The Morgan fingerprint density at radius 3 is 2.33 bits per heavy atom. The lowest BCUT2D eigenvalue weighted by molar-refractivity contribution is -0.139. The van der Waals surface area contributed by atoms with E-state index in [4.69, 9.17) is 9.47 Å². The van der Waals surface area contributed by atoms with Gasteiger partial charge in [-0.3, -0.25) is 19.3 Å². The van der Waals surface area contributed by atoms with E-state index in [0.717, 1.165) is 19.3 Å². The predicted molar refractivity (Wildman–Crippen MR) is 147 cm³/mol. The standard InChI is InChI=1S/C31H31NO7/c1-3-4-5-17-39-25-15-11-21(12-16-25)29(35)27-28(22-7-6-8-24(33)19-22)32(31(37)30(27)36)23-13-9-20(10-14-23)18-26(34)38-2/h6-16,19,28,33,35H,3-5,17-18H2,1-2H3/b29-27-. The average molecular weight is 530 g/mol. The molecule has 0 aliphatic carbocycles. The minimum atomic E-state index is -0.992. The second-order valence-corrected chi connectivity index (χ2v) is 9.26. The van der Waals surface area contributed by atoms with Crippen LogP contribution in [0, 0.1) is 0 Å². The van der Waals surface area contributed by atoms with Crippen LogP contribution in [-0.2, 0) is 25.5 Å². The summed E-state index contributed by atoms with van der Waals surface area (Å²) in [5.41, 5.74) is 1.78. The lowest BCUT2D eigenvalue weighted by Crippen LogP contribution is -2.29. The Morgan fingerprint density at radius 2 is 1.69 bits per heavy atom. The first-order valence-corrected chi connectivity index (χ1v) is 12.8. The van der Waals surface area contributed by atoms with E-state index in [-0.39, 0.29) is 23.5 Å². The Balaban J connectivity index is 1.72. The maximum atomic E-state index is 13.3. The summed E-state index contributed by atoms with van der Waals surface area (Å²) in [7, 11) is 1.31. The molecule has 1 aliphatic rings. The summed E-state index contributed by atoms with van der Waals surface area (Å²) in [6.07, 6.45) is 3.16. The molecule has 3 aromatic rings. The molecule has 0 saturated carbocycles. The second-order valence-electron chi connectivity index (χ2n) is 9.26. The van der Waals surface area contributed by atoms with Gasteiger partial charge in [-0.25, -0.2) is 0 Å². The number of Topliss-reactive ketones (excluding diaryl/α,β-unsaturated/α-hetero) is 1. The van der Waals surface area contributed by atoms with E-state index in [1.54, 1.807) is 60.7 Å². The van der Waals surface area contributed by atoms with Crippen molar-refractivity contribution in [2.45, 2.75) is 38.6 Å². The molecule has 1 heterocycles. The summed E-state index contributed by atoms with van der Waals surface area (Å²) in [5, 5.41) is 21.5. The second kappa shape index (κ2) is 12.3. The number of carbonyl (C=O) groups excluding carboxylic acids is 3. The SMILES string of the molecule is CCCCCOc1ccc(/C(O)=C2/C(=O)C(=O)N(c3ccc(CC(=O)OC)cc3)C2c2cccc(O)c2)cc1. The number of benzene rings is 3. The molecule has 8 heteroatoms. The first-order valence-electron chi connectivity index (χ1n) is 12.8. The normalized spacial score (nSPS) is 16.4. The number of nitrogens with zero attached hydrogens (tertiary/aromatic N) is 1. The van der Waals surface area contributed by atoms with Gasteiger partial charge in [0, 0.05) is 11.3 Å². The first-order chi connectivity index (χ1) is 18.8. The molecular formula is C31H31NO7. The fourth-order valence-electron chi connectivity index (χ4n) is 4.53. The van der Waals surface area contributed by atoms with Crippen molar-refractivity contribution >= 4 is 29.1 Å². The molecule has 1 amide bonds. The molecule has 0 spiro atoms. The van der Waals surface area contributed by atoms with Crippen molar-refractivity contribution in [3.63, 3.8) is 0 Å². The third-order valence-corrected chi connectivity index (χ3v) is 6.57. The lowest BCUT2D eigenvalue weighted by Gasteiger charge is -2.25. The zero-order valence-corrected chi connectivity index (χ0v) is 21.9. The van der Waals surface area contributed by atoms with Gasteiger partial charge in [-0.2, -0.15) is 0 Å². The lowest BCUT2D eigenvalue weighted by atomic mass is 9.95. The van der Waals surface area contributed by atoms with E-state index >= 15 is 0 Å². The topological polar surface area (TPSA) is 113 Å². The Kier molecular flexibility index (Phi) is 8.66. The number of aromatic hydroxyl groups is 1. The van der Waals surface area contributed by atoms with Crippen LogP contribution >= 0.6 is 0 Å². The molecule has 4 rings (SSSR count). The van der Waals surface area contributed by atoms with E-state index in [9.17, 15) is 24.6 Å². The van der Waals surface area contributed by atoms with Gasteiger partial charge in [0.15, 0.2) is 0 Å². The van der Waals surface area contributed by atoms with Crippen LogP contribution in [0.4, 0.5) is 5.69 Å². The fourth-order valence-corrected chi connectivity index (χ4v) is 4.53. The number of methoxy groups -OCH3 is 1. The molecule has 8 nitrogen and oxygen atoms in total. The molecule has 0 bridgehead atoms. The van der Waals surface area contributed by atoms with Crippen molar-refractivity contribution in [1.29, 1.82) is 0 Å².